The summed E-state index contributed by atoms with van der Waals surface area (Å²) in [5.41, 5.74) is 8.50. The summed E-state index contributed by atoms with van der Waals surface area (Å²) in [5, 5.41) is 9.74. The topological polar surface area (TPSA) is 86.9 Å². The van der Waals surface area contributed by atoms with Crippen LogP contribution in [0.5, 0.6) is 0 Å². The van der Waals surface area contributed by atoms with Crippen molar-refractivity contribution in [2.45, 2.75) is 13.0 Å². The van der Waals surface area contributed by atoms with Crippen LogP contribution in [0, 0.1) is 0 Å². The number of fused-ring (bicyclic) bond motifs is 1. The van der Waals surface area contributed by atoms with Gasteiger partial charge in [0.1, 0.15) is 0 Å². The zero-order chi connectivity index (χ0) is 16.4. The van der Waals surface area contributed by atoms with E-state index in [2.05, 4.69) is 0 Å². The lowest BCUT2D eigenvalue weighted by Crippen LogP contribution is -2.34. The number of carbonyl (C=O) groups is 2. The van der Waals surface area contributed by atoms with Crippen LogP contribution in [0.4, 0.5) is 10.5 Å². The van der Waals surface area contributed by atoms with Crippen molar-refractivity contribution in [3.05, 3.63) is 65.2 Å². The van der Waals surface area contributed by atoms with Crippen molar-refractivity contribution in [3.8, 4) is 0 Å². The van der Waals surface area contributed by atoms with E-state index in [4.69, 9.17) is 5.73 Å². The van der Waals surface area contributed by atoms with Crippen LogP contribution in [0.15, 0.2) is 48.5 Å². The first-order chi connectivity index (χ1) is 11.1. The molecule has 0 bridgehead atoms. The quantitative estimate of drug-likeness (QED) is 0.670. The number of anilines is 1. The third-order valence-corrected chi connectivity index (χ3v) is 3.94. The molecule has 3 amide bonds. The summed E-state index contributed by atoms with van der Waals surface area (Å²) in [6.45, 7) is 0.698. The fourth-order valence-corrected chi connectivity index (χ4v) is 2.65. The van der Waals surface area contributed by atoms with Gasteiger partial charge in [0.2, 0.25) is 0 Å². The van der Waals surface area contributed by atoms with Gasteiger partial charge in [-0.3, -0.25) is 10.0 Å². The van der Waals surface area contributed by atoms with Crippen molar-refractivity contribution in [1.82, 2.24) is 5.06 Å². The number of hydroxylamine groups is 2. The third kappa shape index (κ3) is 3.02. The van der Waals surface area contributed by atoms with E-state index in [-0.39, 0.29) is 12.5 Å². The van der Waals surface area contributed by atoms with Crippen LogP contribution in [0.3, 0.4) is 0 Å². The number of nitrogens with zero attached hydrogens (tertiary/aromatic N) is 2. The minimum atomic E-state index is -0.873. The van der Waals surface area contributed by atoms with Gasteiger partial charge in [-0.2, -0.15) is 0 Å². The second-order valence-electron chi connectivity index (χ2n) is 5.43. The summed E-state index contributed by atoms with van der Waals surface area (Å²) in [6.07, 6.45) is 0.480. The van der Waals surface area contributed by atoms with Crippen molar-refractivity contribution < 1.29 is 14.8 Å². The first kappa shape index (κ1) is 15.1. The summed E-state index contributed by atoms with van der Waals surface area (Å²) >= 11 is 0. The normalized spacial score (nSPS) is 13.1. The summed E-state index contributed by atoms with van der Waals surface area (Å²) in [6, 6.07) is 14.2. The van der Waals surface area contributed by atoms with E-state index in [1.54, 1.807) is 4.90 Å². The van der Waals surface area contributed by atoms with E-state index in [0.29, 0.717) is 18.0 Å². The first-order valence-corrected chi connectivity index (χ1v) is 7.31. The molecule has 2 aromatic carbocycles. The maximum absolute atomic E-state index is 12.4. The molecule has 0 aromatic heterocycles. The molecule has 2 aromatic rings. The molecule has 0 fully saturated rings. The summed E-state index contributed by atoms with van der Waals surface area (Å²) in [4.78, 5) is 24.9. The number of rotatable bonds is 4. The summed E-state index contributed by atoms with van der Waals surface area (Å²) < 4.78 is 0. The second-order valence-corrected chi connectivity index (χ2v) is 5.43. The highest BCUT2D eigenvalue weighted by Crippen LogP contribution is 2.28. The van der Waals surface area contributed by atoms with Crippen LogP contribution in [0.2, 0.25) is 0 Å². The van der Waals surface area contributed by atoms with Gasteiger partial charge in [0.15, 0.2) is 0 Å². The Morgan fingerprint density at radius 1 is 1.17 bits per heavy atom. The lowest BCUT2D eigenvalue weighted by molar-refractivity contribution is -0.0382. The predicted octanol–water partition coefficient (Wildman–Crippen LogP) is 2.16. The molecule has 0 unspecified atom stereocenters. The minimum Gasteiger partial charge on any atom is -0.350 e. The van der Waals surface area contributed by atoms with Crippen molar-refractivity contribution in [3.63, 3.8) is 0 Å². The van der Waals surface area contributed by atoms with Gasteiger partial charge in [0.25, 0.3) is 5.91 Å². The van der Waals surface area contributed by atoms with Gasteiger partial charge < -0.3 is 10.6 Å². The highest BCUT2D eigenvalue weighted by molar-refractivity contribution is 6.09. The van der Waals surface area contributed by atoms with Crippen molar-refractivity contribution in [1.29, 1.82) is 0 Å². The Morgan fingerprint density at radius 2 is 1.87 bits per heavy atom. The Labute approximate surface area is 133 Å². The maximum atomic E-state index is 12.4. The molecule has 1 aliphatic rings. The number of hydrogen-bond acceptors (Lipinski definition) is 3. The lowest BCUT2D eigenvalue weighted by Gasteiger charge is -2.16. The molecular weight excluding hydrogens is 294 g/mol. The maximum Gasteiger partial charge on any atom is 0.338 e. The Kier molecular flexibility index (Phi) is 3.99. The minimum absolute atomic E-state index is 0.00334. The molecule has 118 valence electrons. The SMILES string of the molecule is NC(=O)N(O)CCc1ccc(N2Cc3ccccc3C2=O)cc1. The Bertz CT molecular complexity index is 743. The molecular formula is C17H17N3O3. The average Bonchev–Trinajstić information content (AvgIpc) is 2.90. The van der Waals surface area contributed by atoms with Crippen molar-refractivity contribution >= 4 is 17.6 Å². The molecule has 23 heavy (non-hydrogen) atoms. The Hall–Kier alpha value is -2.86. The van der Waals surface area contributed by atoms with Gasteiger partial charge in [-0.1, -0.05) is 30.3 Å². The lowest BCUT2D eigenvalue weighted by atomic mass is 10.1. The molecule has 0 aliphatic carbocycles. The fraction of sp³-hybridized carbons (Fsp3) is 0.176. The van der Waals surface area contributed by atoms with E-state index < -0.39 is 6.03 Å². The number of nitrogens with two attached hydrogens (primary N) is 1. The smallest absolute Gasteiger partial charge is 0.338 e. The zero-order valence-corrected chi connectivity index (χ0v) is 12.5. The monoisotopic (exact) mass is 311 g/mol. The Morgan fingerprint density at radius 3 is 2.52 bits per heavy atom. The van der Waals surface area contributed by atoms with Crippen LogP contribution >= 0.6 is 0 Å². The van der Waals surface area contributed by atoms with Crippen LogP contribution in [-0.2, 0) is 13.0 Å². The molecule has 3 rings (SSSR count). The number of primary amides is 1. The van der Waals surface area contributed by atoms with E-state index >= 15 is 0 Å². The van der Waals surface area contributed by atoms with Crippen LogP contribution < -0.4 is 10.6 Å². The zero-order valence-electron chi connectivity index (χ0n) is 12.5. The van der Waals surface area contributed by atoms with Gasteiger partial charge in [0, 0.05) is 11.3 Å². The molecule has 0 spiro atoms. The van der Waals surface area contributed by atoms with E-state index in [1.807, 2.05) is 48.5 Å². The van der Waals surface area contributed by atoms with Gasteiger partial charge >= 0.3 is 6.03 Å². The van der Waals surface area contributed by atoms with Crippen LogP contribution in [-0.4, -0.2) is 28.8 Å². The van der Waals surface area contributed by atoms with Gasteiger partial charge in [0.05, 0.1) is 13.1 Å². The fourth-order valence-electron chi connectivity index (χ4n) is 2.65. The molecule has 6 nitrogen and oxygen atoms in total. The van der Waals surface area contributed by atoms with E-state index in [1.165, 1.54) is 0 Å². The highest BCUT2D eigenvalue weighted by Gasteiger charge is 2.27. The molecule has 0 radical (unpaired) electrons. The van der Waals surface area contributed by atoms with E-state index in [0.717, 1.165) is 22.4 Å². The number of carbonyl (C=O) groups excluding carboxylic acids is 2. The van der Waals surface area contributed by atoms with Crippen molar-refractivity contribution in [2.75, 3.05) is 11.4 Å². The van der Waals surface area contributed by atoms with Crippen LogP contribution in [0.1, 0.15) is 21.5 Å². The standard InChI is InChI=1S/C17H17N3O3/c18-17(22)20(23)10-9-12-5-7-14(8-6-12)19-11-13-3-1-2-4-15(13)16(19)21/h1-8,23H,9-11H2,(H2,18,22). The number of hydrogen-bond donors (Lipinski definition) is 2. The number of benzene rings is 2. The first-order valence-electron chi connectivity index (χ1n) is 7.31. The molecule has 3 N–H and O–H groups in total. The summed E-state index contributed by atoms with van der Waals surface area (Å²) in [5.74, 6) is 0.00334. The number of amides is 3. The number of urea groups is 1. The largest absolute Gasteiger partial charge is 0.350 e. The molecule has 0 saturated carbocycles. The molecule has 1 heterocycles. The molecule has 6 heteroatoms. The van der Waals surface area contributed by atoms with Crippen molar-refractivity contribution in [2.24, 2.45) is 5.73 Å². The molecule has 0 atom stereocenters. The van der Waals surface area contributed by atoms with Gasteiger partial charge in [-0.05, 0) is 35.7 Å². The molecule has 0 saturated heterocycles. The Balaban J connectivity index is 1.69. The average molecular weight is 311 g/mol. The van der Waals surface area contributed by atoms with E-state index in [9.17, 15) is 14.8 Å². The van der Waals surface area contributed by atoms with Crippen LogP contribution in [0.25, 0.3) is 0 Å². The summed E-state index contributed by atoms with van der Waals surface area (Å²) in [7, 11) is 0. The predicted molar refractivity (Wildman–Crippen MR) is 85.2 cm³/mol. The van der Waals surface area contributed by atoms with Gasteiger partial charge in [-0.25, -0.2) is 9.86 Å². The van der Waals surface area contributed by atoms with Gasteiger partial charge in [-0.15, -0.1) is 0 Å². The third-order valence-electron chi connectivity index (χ3n) is 3.94. The highest BCUT2D eigenvalue weighted by atomic mass is 16.5. The molecule has 1 aliphatic heterocycles. The second kappa shape index (κ2) is 6.10.